The fraction of sp³-hybridized carbons (Fsp3) is 1.00. The molecule has 7 nitrogen and oxygen atoms in total. The zero-order valence-corrected chi connectivity index (χ0v) is 16.0. The molecule has 0 amide bonds. The molecular weight excluding hydrogens is 328 g/mol. The van der Waals surface area contributed by atoms with E-state index in [1.54, 1.807) is 0 Å². The highest BCUT2D eigenvalue weighted by molar-refractivity contribution is 4.69. The molecule has 2 heterocycles. The van der Waals surface area contributed by atoms with Crippen LogP contribution in [0.15, 0.2) is 0 Å². The first-order valence-corrected chi connectivity index (χ1v) is 9.12. The highest BCUT2D eigenvalue weighted by atomic mass is 16.7. The molecule has 2 aliphatic rings. The van der Waals surface area contributed by atoms with Crippen molar-refractivity contribution in [3.63, 3.8) is 0 Å². The van der Waals surface area contributed by atoms with Gasteiger partial charge in [0.2, 0.25) is 0 Å². The largest absolute Gasteiger partial charge is 0.396 e. The van der Waals surface area contributed by atoms with Gasteiger partial charge < -0.3 is 33.5 Å². The van der Waals surface area contributed by atoms with Crippen molar-refractivity contribution in [3.8, 4) is 0 Å². The van der Waals surface area contributed by atoms with E-state index in [1.165, 1.54) is 0 Å². The number of hydrogen-bond acceptors (Lipinski definition) is 7. The normalized spacial score (nSPS) is 24.7. The highest BCUT2D eigenvalue weighted by Crippen LogP contribution is 2.21. The van der Waals surface area contributed by atoms with Gasteiger partial charge in [0.1, 0.15) is 0 Å². The molecular formula is C18H34O7. The first kappa shape index (κ1) is 21.0. The fourth-order valence-corrected chi connectivity index (χ4v) is 2.60. The predicted molar refractivity (Wildman–Crippen MR) is 91.2 cm³/mol. The van der Waals surface area contributed by atoms with Crippen molar-refractivity contribution in [3.05, 3.63) is 0 Å². The first-order valence-electron chi connectivity index (χ1n) is 9.12. The summed E-state index contributed by atoms with van der Waals surface area (Å²) in [5.41, 5.74) is 0. The Morgan fingerprint density at radius 2 is 1.16 bits per heavy atom. The van der Waals surface area contributed by atoms with Gasteiger partial charge in [0.05, 0.1) is 59.5 Å². The number of aliphatic hydroxyl groups is 1. The Hall–Kier alpha value is -0.280. The monoisotopic (exact) mass is 362 g/mol. The third-order valence-electron chi connectivity index (χ3n) is 4.34. The van der Waals surface area contributed by atoms with Crippen LogP contribution in [0.4, 0.5) is 0 Å². The zero-order valence-electron chi connectivity index (χ0n) is 16.0. The molecule has 0 aromatic carbocycles. The maximum absolute atomic E-state index is 9.48. The van der Waals surface area contributed by atoms with Crippen LogP contribution in [0, 0.1) is 17.8 Å². The molecule has 0 atom stereocenters. The average molecular weight is 362 g/mol. The van der Waals surface area contributed by atoms with Crippen LogP contribution in [0.5, 0.6) is 0 Å². The number of hydrogen-bond donors (Lipinski definition) is 1. The van der Waals surface area contributed by atoms with Gasteiger partial charge >= 0.3 is 0 Å². The molecule has 148 valence electrons. The maximum atomic E-state index is 9.48. The lowest BCUT2D eigenvalue weighted by Crippen LogP contribution is -2.41. The van der Waals surface area contributed by atoms with Crippen LogP contribution in [0.25, 0.3) is 0 Å². The Balaban J connectivity index is 1.53. The van der Waals surface area contributed by atoms with Crippen LogP contribution in [0.3, 0.4) is 0 Å². The second kappa shape index (κ2) is 9.60. The van der Waals surface area contributed by atoms with Crippen molar-refractivity contribution in [2.24, 2.45) is 17.8 Å². The predicted octanol–water partition coefficient (Wildman–Crippen LogP) is 1.43. The minimum atomic E-state index is -0.500. The van der Waals surface area contributed by atoms with Crippen LogP contribution < -0.4 is 0 Å². The molecule has 25 heavy (non-hydrogen) atoms. The SMILES string of the molecule is CC1(C)OCC(COCC(CO)COCC2COC(C)(C)OC2)CO1. The summed E-state index contributed by atoms with van der Waals surface area (Å²) >= 11 is 0. The molecule has 0 bridgehead atoms. The van der Waals surface area contributed by atoms with Crippen molar-refractivity contribution < 1.29 is 33.5 Å². The molecule has 0 aromatic heterocycles. The molecule has 0 unspecified atom stereocenters. The molecule has 0 spiro atoms. The Morgan fingerprint density at radius 1 is 0.800 bits per heavy atom. The van der Waals surface area contributed by atoms with Crippen molar-refractivity contribution in [1.29, 1.82) is 0 Å². The standard InChI is InChI=1S/C18H34O7/c1-17(2)22-10-15(11-23-17)8-20-6-14(5-19)7-21-9-16-12-24-18(3,4)25-13-16/h14-16,19H,5-13H2,1-4H3. The minimum Gasteiger partial charge on any atom is -0.396 e. The third-order valence-corrected chi connectivity index (χ3v) is 4.34. The summed E-state index contributed by atoms with van der Waals surface area (Å²) in [7, 11) is 0. The van der Waals surface area contributed by atoms with E-state index >= 15 is 0 Å². The van der Waals surface area contributed by atoms with E-state index in [1.807, 2.05) is 27.7 Å². The van der Waals surface area contributed by atoms with Crippen molar-refractivity contribution in [2.75, 3.05) is 59.5 Å². The molecule has 1 N–H and O–H groups in total. The topological polar surface area (TPSA) is 75.6 Å². The fourth-order valence-electron chi connectivity index (χ4n) is 2.60. The number of rotatable bonds is 9. The zero-order chi connectivity index (χ0) is 18.3. The summed E-state index contributed by atoms with van der Waals surface area (Å²) < 4.78 is 33.9. The summed E-state index contributed by atoms with van der Waals surface area (Å²) in [6.07, 6.45) is 0. The minimum absolute atomic E-state index is 0.0371. The van der Waals surface area contributed by atoms with Gasteiger partial charge in [-0.1, -0.05) is 0 Å². The molecule has 0 aliphatic carbocycles. The lowest BCUT2D eigenvalue weighted by molar-refractivity contribution is -0.267. The smallest absolute Gasteiger partial charge is 0.162 e. The van der Waals surface area contributed by atoms with E-state index in [0.29, 0.717) is 52.9 Å². The molecule has 2 saturated heterocycles. The quantitative estimate of drug-likeness (QED) is 0.665. The van der Waals surface area contributed by atoms with Crippen LogP contribution in [0.2, 0.25) is 0 Å². The van der Waals surface area contributed by atoms with Crippen LogP contribution >= 0.6 is 0 Å². The summed E-state index contributed by atoms with van der Waals surface area (Å²) in [6.45, 7) is 12.2. The van der Waals surface area contributed by atoms with Gasteiger partial charge in [-0.05, 0) is 27.7 Å². The van der Waals surface area contributed by atoms with Crippen molar-refractivity contribution >= 4 is 0 Å². The highest BCUT2D eigenvalue weighted by Gasteiger charge is 2.29. The number of ether oxygens (including phenoxy) is 6. The van der Waals surface area contributed by atoms with Gasteiger partial charge in [-0.3, -0.25) is 0 Å². The summed E-state index contributed by atoms with van der Waals surface area (Å²) in [5, 5.41) is 9.48. The van der Waals surface area contributed by atoms with E-state index in [4.69, 9.17) is 28.4 Å². The van der Waals surface area contributed by atoms with Crippen molar-refractivity contribution in [2.45, 2.75) is 39.3 Å². The molecule has 2 aliphatic heterocycles. The molecule has 0 aromatic rings. The molecule has 7 heteroatoms. The van der Waals surface area contributed by atoms with Crippen LogP contribution in [0.1, 0.15) is 27.7 Å². The summed E-state index contributed by atoms with van der Waals surface area (Å²) in [4.78, 5) is 0. The van der Waals surface area contributed by atoms with E-state index < -0.39 is 11.6 Å². The molecule has 2 fully saturated rings. The molecule has 0 saturated carbocycles. The Bertz CT molecular complexity index is 332. The van der Waals surface area contributed by atoms with Crippen molar-refractivity contribution in [1.82, 2.24) is 0 Å². The van der Waals surface area contributed by atoms with E-state index in [9.17, 15) is 5.11 Å². The number of aliphatic hydroxyl groups excluding tert-OH is 1. The Morgan fingerprint density at radius 3 is 1.48 bits per heavy atom. The lowest BCUT2D eigenvalue weighted by Gasteiger charge is -2.35. The van der Waals surface area contributed by atoms with Gasteiger partial charge in [0, 0.05) is 17.8 Å². The average Bonchev–Trinajstić information content (AvgIpc) is 2.56. The van der Waals surface area contributed by atoms with E-state index in [2.05, 4.69) is 0 Å². The Kier molecular flexibility index (Phi) is 8.07. The van der Waals surface area contributed by atoms with Gasteiger partial charge in [-0.25, -0.2) is 0 Å². The Labute approximate surface area is 150 Å². The van der Waals surface area contributed by atoms with Gasteiger partial charge in [0.25, 0.3) is 0 Å². The summed E-state index contributed by atoms with van der Waals surface area (Å²) in [6, 6.07) is 0. The second-order valence-electron chi connectivity index (χ2n) is 7.90. The van der Waals surface area contributed by atoms with Gasteiger partial charge in [0.15, 0.2) is 11.6 Å². The van der Waals surface area contributed by atoms with E-state index in [-0.39, 0.29) is 24.4 Å². The molecule has 0 radical (unpaired) electrons. The maximum Gasteiger partial charge on any atom is 0.162 e. The van der Waals surface area contributed by atoms with Crippen LogP contribution in [-0.4, -0.2) is 76.1 Å². The summed E-state index contributed by atoms with van der Waals surface area (Å²) in [5.74, 6) is -0.579. The first-order chi connectivity index (χ1) is 11.8. The van der Waals surface area contributed by atoms with Crippen LogP contribution in [-0.2, 0) is 28.4 Å². The lowest BCUT2D eigenvalue weighted by atomic mass is 10.1. The third kappa shape index (κ3) is 7.86. The second-order valence-corrected chi connectivity index (χ2v) is 7.90. The van der Waals surface area contributed by atoms with Gasteiger partial charge in [-0.15, -0.1) is 0 Å². The van der Waals surface area contributed by atoms with Gasteiger partial charge in [-0.2, -0.15) is 0 Å². The molecule has 2 rings (SSSR count). The van der Waals surface area contributed by atoms with E-state index in [0.717, 1.165) is 0 Å².